The van der Waals surface area contributed by atoms with Gasteiger partial charge in [0.2, 0.25) is 0 Å². The molecule has 1 unspecified atom stereocenters. The number of hydrogen-bond donors (Lipinski definition) is 0. The second-order valence-electron chi connectivity index (χ2n) is 2.51. The van der Waals surface area contributed by atoms with Crippen molar-refractivity contribution in [1.29, 1.82) is 0 Å². The van der Waals surface area contributed by atoms with E-state index in [-0.39, 0.29) is 0 Å². The van der Waals surface area contributed by atoms with Crippen LogP contribution in [0.15, 0.2) is 36.5 Å². The maximum Gasteiger partial charge on any atom is 0.346 e. The molecule has 0 aliphatic carbocycles. The predicted molar refractivity (Wildman–Crippen MR) is 49.6 cm³/mol. The van der Waals surface area contributed by atoms with Gasteiger partial charge in [0.05, 0.1) is 0 Å². The van der Waals surface area contributed by atoms with Gasteiger partial charge in [-0.2, -0.15) is 8.78 Å². The van der Waals surface area contributed by atoms with Crippen LogP contribution in [0.4, 0.5) is 8.78 Å². The van der Waals surface area contributed by atoms with Crippen LogP contribution in [-0.2, 0) is 4.74 Å². The average molecular weight is 188 g/mol. The van der Waals surface area contributed by atoms with Gasteiger partial charge in [-0.3, -0.25) is 0 Å². The topological polar surface area (TPSA) is 9.23 Å². The van der Waals surface area contributed by atoms with E-state index in [1.807, 2.05) is 26.0 Å². The molecule has 0 saturated carbocycles. The quantitative estimate of drug-likeness (QED) is 0.475. The summed E-state index contributed by atoms with van der Waals surface area (Å²) < 4.78 is 27.8. The molecule has 1 nitrogen and oxygen atoms in total. The molecule has 74 valence electrons. The SMILES string of the molecule is C=CC(/C=C(C)\C=C/C)OC(F)F. The van der Waals surface area contributed by atoms with Gasteiger partial charge in [0.15, 0.2) is 0 Å². The Kier molecular flexibility index (Phi) is 6.06. The lowest BCUT2D eigenvalue weighted by Gasteiger charge is -2.08. The summed E-state index contributed by atoms with van der Waals surface area (Å²) in [6, 6.07) is 0. The van der Waals surface area contributed by atoms with E-state index >= 15 is 0 Å². The largest absolute Gasteiger partial charge is 0.346 e. The summed E-state index contributed by atoms with van der Waals surface area (Å²) in [7, 11) is 0. The van der Waals surface area contributed by atoms with E-state index < -0.39 is 12.7 Å². The van der Waals surface area contributed by atoms with E-state index in [2.05, 4.69) is 11.3 Å². The van der Waals surface area contributed by atoms with Gasteiger partial charge >= 0.3 is 6.61 Å². The summed E-state index contributed by atoms with van der Waals surface area (Å²) >= 11 is 0. The maximum absolute atomic E-state index is 11.8. The van der Waals surface area contributed by atoms with E-state index in [1.165, 1.54) is 6.08 Å². The first-order valence-corrected chi connectivity index (χ1v) is 3.97. The summed E-state index contributed by atoms with van der Waals surface area (Å²) in [4.78, 5) is 0. The van der Waals surface area contributed by atoms with Gasteiger partial charge in [0.1, 0.15) is 6.10 Å². The fourth-order valence-corrected chi connectivity index (χ4v) is 0.859. The highest BCUT2D eigenvalue weighted by Gasteiger charge is 2.08. The molecule has 0 aliphatic heterocycles. The summed E-state index contributed by atoms with van der Waals surface area (Å²) in [5.74, 6) is 0. The highest BCUT2D eigenvalue weighted by atomic mass is 19.3. The zero-order valence-electron chi connectivity index (χ0n) is 7.84. The molecule has 1 atom stereocenters. The summed E-state index contributed by atoms with van der Waals surface area (Å²) in [5.41, 5.74) is 0.869. The molecule has 0 bridgehead atoms. The van der Waals surface area contributed by atoms with Gasteiger partial charge < -0.3 is 4.74 Å². The van der Waals surface area contributed by atoms with Crippen molar-refractivity contribution in [3.63, 3.8) is 0 Å². The molecule has 13 heavy (non-hydrogen) atoms. The van der Waals surface area contributed by atoms with Crippen LogP contribution >= 0.6 is 0 Å². The smallest absolute Gasteiger partial charge is 0.311 e. The summed E-state index contributed by atoms with van der Waals surface area (Å²) in [6.45, 7) is 4.30. The number of allylic oxidation sites excluding steroid dienone is 3. The summed E-state index contributed by atoms with van der Waals surface area (Å²) in [5, 5.41) is 0. The molecule has 0 aromatic rings. The number of ether oxygens (including phenoxy) is 1. The van der Waals surface area contributed by atoms with Crippen molar-refractivity contribution in [3.05, 3.63) is 36.5 Å². The zero-order valence-corrected chi connectivity index (χ0v) is 7.84. The third-order valence-corrected chi connectivity index (χ3v) is 1.35. The van der Waals surface area contributed by atoms with Crippen LogP contribution in [-0.4, -0.2) is 12.7 Å². The van der Waals surface area contributed by atoms with Crippen LogP contribution in [0.5, 0.6) is 0 Å². The zero-order chi connectivity index (χ0) is 10.3. The Morgan fingerprint density at radius 3 is 2.46 bits per heavy atom. The van der Waals surface area contributed by atoms with Gasteiger partial charge in [-0.05, 0) is 19.9 Å². The average Bonchev–Trinajstić information content (AvgIpc) is 2.02. The number of hydrogen-bond acceptors (Lipinski definition) is 1. The van der Waals surface area contributed by atoms with E-state index in [9.17, 15) is 8.78 Å². The van der Waals surface area contributed by atoms with Crippen LogP contribution in [0.3, 0.4) is 0 Å². The van der Waals surface area contributed by atoms with Crippen molar-refractivity contribution in [2.24, 2.45) is 0 Å². The van der Waals surface area contributed by atoms with Crippen LogP contribution in [0.25, 0.3) is 0 Å². The molecule has 3 heteroatoms. The van der Waals surface area contributed by atoms with Crippen molar-refractivity contribution in [3.8, 4) is 0 Å². The Balaban J connectivity index is 4.25. The van der Waals surface area contributed by atoms with Crippen LogP contribution in [0.2, 0.25) is 0 Å². The molecule has 0 heterocycles. The van der Waals surface area contributed by atoms with Gasteiger partial charge in [-0.25, -0.2) is 0 Å². The minimum Gasteiger partial charge on any atom is -0.311 e. The van der Waals surface area contributed by atoms with Crippen LogP contribution in [0, 0.1) is 0 Å². The third kappa shape index (κ3) is 6.22. The first kappa shape index (κ1) is 12.0. The minimum absolute atomic E-state index is 0.726. The Labute approximate surface area is 77.4 Å². The maximum atomic E-state index is 11.8. The van der Waals surface area contributed by atoms with Gasteiger partial charge in [-0.1, -0.05) is 23.8 Å². The Morgan fingerprint density at radius 2 is 2.08 bits per heavy atom. The lowest BCUT2D eigenvalue weighted by Crippen LogP contribution is -2.11. The summed E-state index contributed by atoms with van der Waals surface area (Å²) in [6.07, 6.45) is 5.83. The highest BCUT2D eigenvalue weighted by molar-refractivity contribution is 5.19. The standard InChI is InChI=1S/C10H14F2O/c1-4-6-8(3)7-9(5-2)13-10(11)12/h4-7,9-10H,2H2,1,3H3/b6-4-,8-7-. The van der Waals surface area contributed by atoms with E-state index in [0.717, 1.165) is 5.57 Å². The molecule has 0 amide bonds. The first-order valence-electron chi connectivity index (χ1n) is 3.97. The Bertz CT molecular complexity index is 207. The van der Waals surface area contributed by atoms with E-state index in [0.29, 0.717) is 0 Å². The normalized spacial score (nSPS) is 15.3. The number of halogens is 2. The van der Waals surface area contributed by atoms with Crippen LogP contribution < -0.4 is 0 Å². The van der Waals surface area contributed by atoms with E-state index in [4.69, 9.17) is 0 Å². The van der Waals surface area contributed by atoms with Crippen molar-refractivity contribution in [1.82, 2.24) is 0 Å². The van der Waals surface area contributed by atoms with Gasteiger partial charge in [-0.15, -0.1) is 6.58 Å². The second kappa shape index (κ2) is 6.54. The third-order valence-electron chi connectivity index (χ3n) is 1.35. The molecule has 0 spiro atoms. The number of rotatable bonds is 5. The minimum atomic E-state index is -2.77. The molecule has 0 aromatic heterocycles. The van der Waals surface area contributed by atoms with Crippen molar-refractivity contribution in [2.45, 2.75) is 26.6 Å². The molecule has 0 rings (SSSR count). The monoisotopic (exact) mass is 188 g/mol. The molecule has 0 aliphatic rings. The number of alkyl halides is 2. The molecule has 0 aromatic carbocycles. The van der Waals surface area contributed by atoms with E-state index in [1.54, 1.807) is 6.08 Å². The van der Waals surface area contributed by atoms with Crippen LogP contribution in [0.1, 0.15) is 13.8 Å². The van der Waals surface area contributed by atoms with Gasteiger partial charge in [0, 0.05) is 0 Å². The molecule has 0 N–H and O–H groups in total. The van der Waals surface area contributed by atoms with Crippen molar-refractivity contribution < 1.29 is 13.5 Å². The second-order valence-corrected chi connectivity index (χ2v) is 2.51. The predicted octanol–water partition coefficient (Wildman–Crippen LogP) is 3.30. The fraction of sp³-hybridized carbons (Fsp3) is 0.400. The van der Waals surface area contributed by atoms with Crippen molar-refractivity contribution >= 4 is 0 Å². The first-order chi connectivity index (χ1) is 6.10. The molecule has 0 radical (unpaired) electrons. The molecule has 0 fully saturated rings. The highest BCUT2D eigenvalue weighted by Crippen LogP contribution is 2.07. The molecule has 0 saturated heterocycles. The van der Waals surface area contributed by atoms with Crippen molar-refractivity contribution in [2.75, 3.05) is 0 Å². The fourth-order valence-electron chi connectivity index (χ4n) is 0.859. The lowest BCUT2D eigenvalue weighted by molar-refractivity contribution is -0.138. The molecular formula is C10H14F2O. The Morgan fingerprint density at radius 1 is 1.46 bits per heavy atom. The molecular weight excluding hydrogens is 174 g/mol. The van der Waals surface area contributed by atoms with Gasteiger partial charge in [0.25, 0.3) is 0 Å². The lowest BCUT2D eigenvalue weighted by atomic mass is 10.2. The Hall–Kier alpha value is -0.960.